The van der Waals surface area contributed by atoms with E-state index in [1.54, 1.807) is 6.92 Å². The lowest BCUT2D eigenvalue weighted by molar-refractivity contribution is 0.0701. The molecule has 1 aromatic heterocycles. The summed E-state index contributed by atoms with van der Waals surface area (Å²) in [4.78, 5) is 16.0. The fourth-order valence-electron chi connectivity index (χ4n) is 2.62. The molecule has 0 aliphatic carbocycles. The monoisotopic (exact) mass is 347 g/mol. The lowest BCUT2D eigenvalue weighted by Crippen LogP contribution is -2.17. The van der Waals surface area contributed by atoms with E-state index in [0.29, 0.717) is 16.5 Å². The summed E-state index contributed by atoms with van der Waals surface area (Å²) in [6, 6.07) is 3.85. The number of hydrogen-bond acceptors (Lipinski definition) is 4. The highest BCUT2D eigenvalue weighted by Crippen LogP contribution is 2.42. The van der Waals surface area contributed by atoms with Gasteiger partial charge < -0.3 is 10.2 Å². The zero-order valence-corrected chi connectivity index (χ0v) is 16.1. The molecule has 0 spiro atoms. The maximum Gasteiger partial charge on any atom is 0.347 e. The molecule has 0 aliphatic heterocycles. The Balaban J connectivity index is 2.76. The van der Waals surface area contributed by atoms with Gasteiger partial charge in [-0.25, -0.2) is 9.78 Å². The van der Waals surface area contributed by atoms with Gasteiger partial charge in [-0.2, -0.15) is 0 Å². The Kier molecular flexibility index (Phi) is 4.53. The zero-order valence-electron chi connectivity index (χ0n) is 15.3. The van der Waals surface area contributed by atoms with Gasteiger partial charge in [0.2, 0.25) is 0 Å². The molecule has 0 amide bonds. The number of thiazole rings is 1. The lowest BCUT2D eigenvalue weighted by Gasteiger charge is -2.28. The number of carboxylic acid groups (broad SMARTS) is 1. The average molecular weight is 347 g/mol. The minimum Gasteiger partial charge on any atom is -0.507 e. The van der Waals surface area contributed by atoms with Gasteiger partial charge in [0.25, 0.3) is 0 Å². The number of aromatic nitrogens is 1. The number of carbonyl (C=O) groups is 1. The smallest absolute Gasteiger partial charge is 0.347 e. The van der Waals surface area contributed by atoms with Crippen molar-refractivity contribution in [1.29, 1.82) is 0 Å². The van der Waals surface area contributed by atoms with Crippen LogP contribution in [0.1, 0.15) is 68.0 Å². The maximum absolute atomic E-state index is 11.3. The SMILES string of the molecule is Cc1nc(-c2cc(C(C)(C)C)c(O)c(C(C)(C)C)c2)sc1C(=O)O. The molecule has 0 saturated heterocycles. The average Bonchev–Trinajstić information content (AvgIpc) is 2.78. The highest BCUT2D eigenvalue weighted by Gasteiger charge is 2.27. The molecule has 1 heterocycles. The van der Waals surface area contributed by atoms with E-state index in [9.17, 15) is 15.0 Å². The second-order valence-electron chi connectivity index (χ2n) is 8.16. The third-order valence-corrected chi connectivity index (χ3v) is 5.16. The Morgan fingerprint density at radius 1 is 1.04 bits per heavy atom. The van der Waals surface area contributed by atoms with Crippen LogP contribution in [0.25, 0.3) is 10.6 Å². The van der Waals surface area contributed by atoms with Crippen LogP contribution in [0, 0.1) is 6.92 Å². The van der Waals surface area contributed by atoms with Crippen molar-refractivity contribution < 1.29 is 15.0 Å². The van der Waals surface area contributed by atoms with E-state index in [0.717, 1.165) is 16.7 Å². The number of aromatic hydroxyl groups is 1. The molecule has 0 unspecified atom stereocenters. The van der Waals surface area contributed by atoms with Crippen molar-refractivity contribution in [2.24, 2.45) is 0 Å². The second-order valence-corrected chi connectivity index (χ2v) is 9.16. The van der Waals surface area contributed by atoms with E-state index in [1.165, 1.54) is 11.3 Å². The number of aryl methyl sites for hydroxylation is 1. The van der Waals surface area contributed by atoms with Crippen molar-refractivity contribution in [3.05, 3.63) is 33.8 Å². The molecule has 0 fully saturated rings. The van der Waals surface area contributed by atoms with Gasteiger partial charge in [-0.1, -0.05) is 41.5 Å². The Bertz CT molecular complexity index is 757. The van der Waals surface area contributed by atoms with Crippen molar-refractivity contribution >= 4 is 17.3 Å². The quantitative estimate of drug-likeness (QED) is 0.791. The van der Waals surface area contributed by atoms with E-state index in [1.807, 2.05) is 53.7 Å². The minimum atomic E-state index is -0.956. The highest BCUT2D eigenvalue weighted by molar-refractivity contribution is 7.17. The van der Waals surface area contributed by atoms with Gasteiger partial charge in [0, 0.05) is 16.7 Å². The largest absolute Gasteiger partial charge is 0.507 e. The van der Waals surface area contributed by atoms with Crippen LogP contribution in [0.2, 0.25) is 0 Å². The van der Waals surface area contributed by atoms with Crippen LogP contribution in [0.3, 0.4) is 0 Å². The molecular formula is C19H25NO3S. The summed E-state index contributed by atoms with van der Waals surface area (Å²) in [6.07, 6.45) is 0. The normalized spacial score (nSPS) is 12.5. The summed E-state index contributed by atoms with van der Waals surface area (Å²) >= 11 is 1.17. The highest BCUT2D eigenvalue weighted by atomic mass is 32.1. The Hall–Kier alpha value is -1.88. The van der Waals surface area contributed by atoms with Gasteiger partial charge in [-0.15, -0.1) is 11.3 Å². The molecular weight excluding hydrogens is 322 g/mol. The Morgan fingerprint density at radius 3 is 1.83 bits per heavy atom. The predicted molar refractivity (Wildman–Crippen MR) is 98.3 cm³/mol. The van der Waals surface area contributed by atoms with Crippen molar-refractivity contribution in [3.63, 3.8) is 0 Å². The molecule has 1 aromatic carbocycles. The number of carboxylic acids is 1. The Morgan fingerprint density at radius 2 is 1.50 bits per heavy atom. The first-order chi connectivity index (χ1) is 10.8. The van der Waals surface area contributed by atoms with Crippen LogP contribution in [-0.4, -0.2) is 21.2 Å². The van der Waals surface area contributed by atoms with Crippen LogP contribution in [0.5, 0.6) is 5.75 Å². The molecule has 24 heavy (non-hydrogen) atoms. The molecule has 5 heteroatoms. The first kappa shape index (κ1) is 18.5. The fourth-order valence-corrected chi connectivity index (χ4v) is 3.51. The van der Waals surface area contributed by atoms with Crippen molar-refractivity contribution in [2.45, 2.75) is 59.3 Å². The molecule has 0 radical (unpaired) electrons. The molecule has 130 valence electrons. The molecule has 2 rings (SSSR count). The molecule has 0 bridgehead atoms. The number of nitrogens with zero attached hydrogens (tertiary/aromatic N) is 1. The van der Waals surface area contributed by atoms with Gasteiger partial charge in [-0.05, 0) is 29.9 Å². The predicted octanol–water partition coefficient (Wildman–Crippen LogP) is 5.12. The Labute approximate surface area is 147 Å². The van der Waals surface area contributed by atoms with Crippen molar-refractivity contribution in [2.75, 3.05) is 0 Å². The molecule has 4 nitrogen and oxygen atoms in total. The van der Waals surface area contributed by atoms with Crippen LogP contribution >= 0.6 is 11.3 Å². The van der Waals surface area contributed by atoms with E-state index in [2.05, 4.69) is 4.98 Å². The summed E-state index contributed by atoms with van der Waals surface area (Å²) in [7, 11) is 0. The fraction of sp³-hybridized carbons (Fsp3) is 0.474. The summed E-state index contributed by atoms with van der Waals surface area (Å²) < 4.78 is 0. The molecule has 0 atom stereocenters. The molecule has 2 N–H and O–H groups in total. The first-order valence-electron chi connectivity index (χ1n) is 7.91. The van der Waals surface area contributed by atoms with E-state index in [-0.39, 0.29) is 15.7 Å². The summed E-state index contributed by atoms with van der Waals surface area (Å²) in [5, 5.41) is 20.7. The van der Waals surface area contributed by atoms with E-state index in [4.69, 9.17) is 0 Å². The third kappa shape index (κ3) is 3.46. The van der Waals surface area contributed by atoms with Crippen LogP contribution in [0.4, 0.5) is 0 Å². The lowest BCUT2D eigenvalue weighted by atomic mass is 9.78. The van der Waals surface area contributed by atoms with Crippen molar-refractivity contribution in [1.82, 2.24) is 4.98 Å². The first-order valence-corrected chi connectivity index (χ1v) is 8.73. The minimum absolute atomic E-state index is 0.234. The number of benzene rings is 1. The second kappa shape index (κ2) is 5.88. The van der Waals surface area contributed by atoms with Gasteiger partial charge >= 0.3 is 5.97 Å². The summed E-state index contributed by atoms with van der Waals surface area (Å²) in [6.45, 7) is 14.0. The van der Waals surface area contributed by atoms with Crippen LogP contribution in [0.15, 0.2) is 12.1 Å². The number of hydrogen-bond donors (Lipinski definition) is 2. The van der Waals surface area contributed by atoms with Crippen molar-refractivity contribution in [3.8, 4) is 16.3 Å². The van der Waals surface area contributed by atoms with E-state index >= 15 is 0 Å². The van der Waals surface area contributed by atoms with Crippen LogP contribution < -0.4 is 0 Å². The third-order valence-electron chi connectivity index (χ3n) is 3.96. The topological polar surface area (TPSA) is 70.4 Å². The van der Waals surface area contributed by atoms with Gasteiger partial charge in [0.1, 0.15) is 15.6 Å². The molecule has 2 aromatic rings. The maximum atomic E-state index is 11.3. The number of phenols is 1. The van der Waals surface area contributed by atoms with E-state index < -0.39 is 5.97 Å². The number of phenolic OH excluding ortho intramolecular Hbond substituents is 1. The standard InChI is InChI=1S/C19H25NO3S/c1-10-15(17(22)23)24-16(20-10)11-8-12(18(2,3)4)14(21)13(9-11)19(5,6)7/h8-9,21H,1-7H3,(H,22,23). The molecule has 0 aliphatic rings. The zero-order chi connectivity index (χ0) is 18.4. The number of rotatable bonds is 2. The summed E-state index contributed by atoms with van der Waals surface area (Å²) in [5.41, 5.74) is 2.59. The van der Waals surface area contributed by atoms with Gasteiger partial charge in [0.05, 0.1) is 5.69 Å². The van der Waals surface area contributed by atoms with Crippen LogP contribution in [-0.2, 0) is 10.8 Å². The molecule has 0 saturated carbocycles. The van der Waals surface area contributed by atoms with Gasteiger partial charge in [-0.3, -0.25) is 0 Å². The summed E-state index contributed by atoms with van der Waals surface area (Å²) in [5.74, 6) is -0.646. The number of aromatic carboxylic acids is 1. The van der Waals surface area contributed by atoms with Gasteiger partial charge in [0.15, 0.2) is 0 Å².